The highest BCUT2D eigenvalue weighted by Crippen LogP contribution is 2.22. The van der Waals surface area contributed by atoms with Gasteiger partial charge >= 0.3 is 0 Å². The van der Waals surface area contributed by atoms with Crippen LogP contribution in [-0.2, 0) is 16.6 Å². The molecule has 0 saturated carbocycles. The molecule has 1 fully saturated rings. The maximum Gasteiger partial charge on any atom is 0.262 e. The molecule has 0 spiro atoms. The first-order chi connectivity index (χ1) is 9.07. The highest BCUT2D eigenvalue weighted by Gasteiger charge is 2.31. The van der Waals surface area contributed by atoms with Crippen LogP contribution in [-0.4, -0.2) is 49.0 Å². The minimum absolute atomic E-state index is 0. The van der Waals surface area contributed by atoms with Crippen LogP contribution < -0.4 is 5.32 Å². The SMILES string of the molecule is CCn1cnc(S(=O)(=O)N2CCCC(CNC)C2)c1.Cl. The zero-order chi connectivity index (χ0) is 13.9. The van der Waals surface area contributed by atoms with Gasteiger partial charge in [-0.2, -0.15) is 4.31 Å². The minimum atomic E-state index is -3.43. The molecular formula is C12H23ClN4O2S. The van der Waals surface area contributed by atoms with Gasteiger partial charge in [0.05, 0.1) is 6.33 Å². The lowest BCUT2D eigenvalue weighted by Crippen LogP contribution is -2.42. The molecule has 20 heavy (non-hydrogen) atoms. The molecule has 1 atom stereocenters. The molecule has 1 N–H and O–H groups in total. The number of imidazole rings is 1. The minimum Gasteiger partial charge on any atom is -0.336 e. The van der Waals surface area contributed by atoms with Crippen molar-refractivity contribution >= 4 is 22.4 Å². The van der Waals surface area contributed by atoms with E-state index in [1.165, 1.54) is 0 Å². The topological polar surface area (TPSA) is 67.2 Å². The zero-order valence-electron chi connectivity index (χ0n) is 11.9. The van der Waals surface area contributed by atoms with Crippen LogP contribution in [0.1, 0.15) is 19.8 Å². The number of hydrogen-bond donors (Lipinski definition) is 1. The number of aromatic nitrogens is 2. The van der Waals surface area contributed by atoms with Crippen molar-refractivity contribution < 1.29 is 8.42 Å². The number of nitrogens with one attached hydrogen (secondary N) is 1. The molecular weight excluding hydrogens is 300 g/mol. The second kappa shape index (κ2) is 7.40. The zero-order valence-corrected chi connectivity index (χ0v) is 13.6. The summed E-state index contributed by atoms with van der Waals surface area (Å²) in [4.78, 5) is 4.02. The number of piperidine rings is 1. The second-order valence-electron chi connectivity index (χ2n) is 4.97. The van der Waals surface area contributed by atoms with E-state index in [4.69, 9.17) is 0 Å². The Balaban J connectivity index is 0.00000200. The van der Waals surface area contributed by atoms with E-state index < -0.39 is 10.0 Å². The van der Waals surface area contributed by atoms with Crippen LogP contribution in [0.15, 0.2) is 17.6 Å². The van der Waals surface area contributed by atoms with Gasteiger partial charge in [0.1, 0.15) is 0 Å². The van der Waals surface area contributed by atoms with Crippen molar-refractivity contribution in [3.63, 3.8) is 0 Å². The molecule has 0 aliphatic carbocycles. The average molecular weight is 323 g/mol. The highest BCUT2D eigenvalue weighted by molar-refractivity contribution is 7.89. The lowest BCUT2D eigenvalue weighted by Gasteiger charge is -2.31. The Morgan fingerprint density at radius 1 is 1.50 bits per heavy atom. The van der Waals surface area contributed by atoms with E-state index in [1.54, 1.807) is 21.4 Å². The van der Waals surface area contributed by atoms with Crippen molar-refractivity contribution in [2.45, 2.75) is 31.3 Å². The third kappa shape index (κ3) is 3.72. The maximum absolute atomic E-state index is 12.5. The Morgan fingerprint density at radius 2 is 2.25 bits per heavy atom. The van der Waals surface area contributed by atoms with Crippen molar-refractivity contribution in [1.29, 1.82) is 0 Å². The number of aryl methyl sites for hydroxylation is 1. The number of halogens is 1. The van der Waals surface area contributed by atoms with Gasteiger partial charge in [-0.25, -0.2) is 13.4 Å². The predicted octanol–water partition coefficient (Wildman–Crippen LogP) is 0.945. The lowest BCUT2D eigenvalue weighted by molar-refractivity contribution is 0.263. The van der Waals surface area contributed by atoms with Crippen molar-refractivity contribution in [2.24, 2.45) is 5.92 Å². The van der Waals surface area contributed by atoms with Gasteiger partial charge in [0, 0.05) is 25.8 Å². The maximum atomic E-state index is 12.5. The standard InChI is InChI=1S/C12H22N4O2S.ClH/c1-3-15-9-12(14-10-15)19(17,18)16-6-4-5-11(8-16)7-13-2;/h9-11,13H,3-8H2,1-2H3;1H. The monoisotopic (exact) mass is 322 g/mol. The molecule has 0 amide bonds. The molecule has 116 valence electrons. The van der Waals surface area contributed by atoms with Gasteiger partial charge in [0.25, 0.3) is 10.0 Å². The van der Waals surface area contributed by atoms with Gasteiger partial charge in [-0.05, 0) is 39.3 Å². The largest absolute Gasteiger partial charge is 0.336 e. The summed E-state index contributed by atoms with van der Waals surface area (Å²) in [5.41, 5.74) is 0. The van der Waals surface area contributed by atoms with E-state index in [-0.39, 0.29) is 17.4 Å². The predicted molar refractivity (Wildman–Crippen MR) is 80.6 cm³/mol. The molecule has 8 heteroatoms. The molecule has 2 heterocycles. The van der Waals surface area contributed by atoms with Crippen LogP contribution in [0.25, 0.3) is 0 Å². The van der Waals surface area contributed by atoms with Gasteiger partial charge in [-0.3, -0.25) is 0 Å². The van der Waals surface area contributed by atoms with Gasteiger partial charge < -0.3 is 9.88 Å². The average Bonchev–Trinajstić information content (AvgIpc) is 2.89. The molecule has 1 unspecified atom stereocenters. The van der Waals surface area contributed by atoms with Crippen LogP contribution in [0.3, 0.4) is 0 Å². The summed E-state index contributed by atoms with van der Waals surface area (Å²) in [6.45, 7) is 4.73. The first-order valence-corrected chi connectivity index (χ1v) is 8.18. The molecule has 1 aromatic heterocycles. The van der Waals surface area contributed by atoms with Crippen LogP contribution in [0.5, 0.6) is 0 Å². The summed E-state index contributed by atoms with van der Waals surface area (Å²) in [7, 11) is -1.53. The summed E-state index contributed by atoms with van der Waals surface area (Å²) in [5.74, 6) is 0.391. The second-order valence-corrected chi connectivity index (χ2v) is 6.86. The van der Waals surface area contributed by atoms with Crippen molar-refractivity contribution in [3.8, 4) is 0 Å². The summed E-state index contributed by atoms with van der Waals surface area (Å²) in [6, 6.07) is 0. The Labute approximate surface area is 127 Å². The van der Waals surface area contributed by atoms with Gasteiger partial charge in [-0.15, -0.1) is 12.4 Å². The molecule has 1 aliphatic rings. The number of sulfonamides is 1. The Morgan fingerprint density at radius 3 is 2.85 bits per heavy atom. The molecule has 1 aromatic rings. The molecule has 0 bridgehead atoms. The molecule has 1 aliphatic heterocycles. The molecule has 2 rings (SSSR count). The van der Waals surface area contributed by atoms with Gasteiger partial charge in [0.15, 0.2) is 5.03 Å². The van der Waals surface area contributed by atoms with Gasteiger partial charge in [-0.1, -0.05) is 0 Å². The molecule has 1 saturated heterocycles. The highest BCUT2D eigenvalue weighted by atomic mass is 35.5. The van der Waals surface area contributed by atoms with E-state index >= 15 is 0 Å². The quantitative estimate of drug-likeness (QED) is 0.876. The third-order valence-corrected chi connectivity index (χ3v) is 5.30. The first-order valence-electron chi connectivity index (χ1n) is 6.74. The first kappa shape index (κ1) is 17.4. The Bertz CT molecular complexity index is 515. The normalized spacial score (nSPS) is 20.6. The van der Waals surface area contributed by atoms with E-state index in [0.717, 1.165) is 25.9 Å². The van der Waals surface area contributed by atoms with E-state index in [9.17, 15) is 8.42 Å². The van der Waals surface area contributed by atoms with Crippen molar-refractivity contribution in [3.05, 3.63) is 12.5 Å². The van der Waals surface area contributed by atoms with Crippen LogP contribution in [0.4, 0.5) is 0 Å². The van der Waals surface area contributed by atoms with Gasteiger partial charge in [0.2, 0.25) is 0 Å². The third-order valence-electron chi connectivity index (χ3n) is 3.55. The summed E-state index contributed by atoms with van der Waals surface area (Å²) in [5, 5.41) is 3.29. The fourth-order valence-electron chi connectivity index (χ4n) is 2.48. The number of hydrogen-bond acceptors (Lipinski definition) is 4. The number of nitrogens with zero attached hydrogens (tertiary/aromatic N) is 3. The van der Waals surface area contributed by atoms with E-state index in [0.29, 0.717) is 19.0 Å². The fraction of sp³-hybridized carbons (Fsp3) is 0.750. The Kier molecular flexibility index (Phi) is 6.44. The lowest BCUT2D eigenvalue weighted by atomic mass is 10.00. The summed E-state index contributed by atoms with van der Waals surface area (Å²) < 4.78 is 28.3. The molecule has 0 radical (unpaired) electrons. The smallest absolute Gasteiger partial charge is 0.262 e. The Hall–Kier alpha value is -0.630. The van der Waals surface area contributed by atoms with E-state index in [1.807, 2.05) is 14.0 Å². The van der Waals surface area contributed by atoms with Crippen LogP contribution >= 0.6 is 12.4 Å². The van der Waals surface area contributed by atoms with Crippen LogP contribution in [0.2, 0.25) is 0 Å². The summed E-state index contributed by atoms with van der Waals surface area (Å²) in [6.07, 6.45) is 5.18. The molecule has 0 aromatic carbocycles. The number of rotatable bonds is 5. The molecule has 6 nitrogen and oxygen atoms in total. The van der Waals surface area contributed by atoms with Crippen molar-refractivity contribution in [1.82, 2.24) is 19.2 Å². The van der Waals surface area contributed by atoms with E-state index in [2.05, 4.69) is 10.3 Å². The van der Waals surface area contributed by atoms with Crippen LogP contribution in [0, 0.1) is 5.92 Å². The summed E-state index contributed by atoms with van der Waals surface area (Å²) >= 11 is 0. The van der Waals surface area contributed by atoms with Crippen molar-refractivity contribution in [2.75, 3.05) is 26.7 Å². The fourth-order valence-corrected chi connectivity index (χ4v) is 3.97.